The quantitative estimate of drug-likeness (QED) is 0.619. The number of nitrogens with zero attached hydrogens (tertiary/aromatic N) is 3. The van der Waals surface area contributed by atoms with Gasteiger partial charge in [0.05, 0.1) is 12.3 Å². The summed E-state index contributed by atoms with van der Waals surface area (Å²) < 4.78 is 5.50. The molecule has 1 unspecified atom stereocenters. The van der Waals surface area contributed by atoms with Gasteiger partial charge in [0, 0.05) is 29.4 Å². The number of halogens is 2. The van der Waals surface area contributed by atoms with Gasteiger partial charge in [-0.25, -0.2) is 0 Å². The average molecular weight is 433 g/mol. The van der Waals surface area contributed by atoms with Crippen LogP contribution in [0.3, 0.4) is 0 Å². The summed E-state index contributed by atoms with van der Waals surface area (Å²) in [6.45, 7) is 1.35. The summed E-state index contributed by atoms with van der Waals surface area (Å²) in [5, 5.41) is 4.75. The topological polar surface area (TPSA) is 85.3 Å². The van der Waals surface area contributed by atoms with Crippen molar-refractivity contribution < 1.29 is 9.32 Å². The molecule has 1 aromatic heterocycles. The summed E-state index contributed by atoms with van der Waals surface area (Å²) in [6.07, 6.45) is 2.21. The average Bonchev–Trinajstić information content (AvgIpc) is 3.21. The molecular formula is C21H22Cl2N4O2. The first-order chi connectivity index (χ1) is 13.6. The SMILES string of the molecule is Cl.Nc1ccc(CC(=O)N2CCCC(c3nc(-c4ccc(Cl)cc4)no3)C2)cc1. The Labute approximate surface area is 180 Å². The van der Waals surface area contributed by atoms with Crippen LogP contribution in [-0.4, -0.2) is 34.0 Å². The number of aromatic nitrogens is 2. The molecule has 1 fully saturated rings. The molecule has 1 aliphatic rings. The Hall–Kier alpha value is -2.57. The Kier molecular flexibility index (Phi) is 6.77. The van der Waals surface area contributed by atoms with Gasteiger partial charge < -0.3 is 15.2 Å². The minimum absolute atomic E-state index is 0. The maximum atomic E-state index is 12.7. The van der Waals surface area contributed by atoms with Crippen molar-refractivity contribution in [2.75, 3.05) is 18.8 Å². The van der Waals surface area contributed by atoms with E-state index in [1.807, 2.05) is 41.3 Å². The van der Waals surface area contributed by atoms with Gasteiger partial charge in [0.15, 0.2) is 0 Å². The fourth-order valence-corrected chi connectivity index (χ4v) is 3.57. The predicted octanol–water partition coefficient (Wildman–Crippen LogP) is 4.34. The molecule has 6 nitrogen and oxygen atoms in total. The third-order valence-corrected chi connectivity index (χ3v) is 5.25. The Balaban J connectivity index is 0.00000240. The molecule has 152 valence electrons. The van der Waals surface area contributed by atoms with Gasteiger partial charge in [-0.3, -0.25) is 4.79 Å². The Morgan fingerprint density at radius 1 is 1.17 bits per heavy atom. The maximum absolute atomic E-state index is 12.7. The highest BCUT2D eigenvalue weighted by atomic mass is 35.5. The van der Waals surface area contributed by atoms with Crippen LogP contribution in [0.2, 0.25) is 5.02 Å². The van der Waals surface area contributed by atoms with E-state index in [1.54, 1.807) is 12.1 Å². The summed E-state index contributed by atoms with van der Waals surface area (Å²) in [5.41, 5.74) is 8.22. The smallest absolute Gasteiger partial charge is 0.231 e. The standard InChI is InChI=1S/C21H21ClN4O2.ClH/c22-17-7-5-15(6-8-17)20-24-21(28-25-20)16-2-1-11-26(13-16)19(27)12-14-3-9-18(23)10-4-14;/h3-10,16H,1-2,11-13,23H2;1H. The van der Waals surface area contributed by atoms with Crippen LogP contribution in [0.4, 0.5) is 5.69 Å². The number of carbonyl (C=O) groups is 1. The number of piperidine rings is 1. The minimum atomic E-state index is 0. The molecule has 0 radical (unpaired) electrons. The normalized spacial score (nSPS) is 16.3. The number of benzene rings is 2. The van der Waals surface area contributed by atoms with Crippen LogP contribution < -0.4 is 5.73 Å². The number of nitrogens with two attached hydrogens (primary N) is 1. The fraction of sp³-hybridized carbons (Fsp3) is 0.286. The molecule has 2 aromatic carbocycles. The number of anilines is 1. The van der Waals surface area contributed by atoms with E-state index in [0.29, 0.717) is 35.4 Å². The zero-order valence-electron chi connectivity index (χ0n) is 15.8. The fourth-order valence-electron chi connectivity index (χ4n) is 3.44. The van der Waals surface area contributed by atoms with Crippen LogP contribution in [-0.2, 0) is 11.2 Å². The number of carbonyl (C=O) groups excluding carboxylic acids is 1. The summed E-state index contributed by atoms with van der Waals surface area (Å²) in [5.74, 6) is 1.27. The van der Waals surface area contributed by atoms with E-state index in [2.05, 4.69) is 10.1 Å². The van der Waals surface area contributed by atoms with E-state index in [-0.39, 0.29) is 24.2 Å². The highest BCUT2D eigenvalue weighted by molar-refractivity contribution is 6.30. The van der Waals surface area contributed by atoms with Gasteiger partial charge >= 0.3 is 0 Å². The third kappa shape index (κ3) is 5.08. The van der Waals surface area contributed by atoms with E-state index in [0.717, 1.165) is 30.5 Å². The van der Waals surface area contributed by atoms with E-state index in [1.165, 1.54) is 0 Å². The van der Waals surface area contributed by atoms with Crippen LogP contribution in [0.5, 0.6) is 0 Å². The van der Waals surface area contributed by atoms with E-state index in [9.17, 15) is 4.79 Å². The van der Waals surface area contributed by atoms with E-state index in [4.69, 9.17) is 21.9 Å². The molecule has 0 aliphatic carbocycles. The predicted molar refractivity (Wildman–Crippen MR) is 115 cm³/mol. The molecule has 1 atom stereocenters. The van der Waals surface area contributed by atoms with Crippen molar-refractivity contribution in [3.8, 4) is 11.4 Å². The van der Waals surface area contributed by atoms with Crippen molar-refractivity contribution in [1.82, 2.24) is 15.0 Å². The summed E-state index contributed by atoms with van der Waals surface area (Å²) >= 11 is 5.93. The largest absolute Gasteiger partial charge is 0.399 e. The van der Waals surface area contributed by atoms with Crippen molar-refractivity contribution in [2.45, 2.75) is 25.2 Å². The van der Waals surface area contributed by atoms with E-state index >= 15 is 0 Å². The van der Waals surface area contributed by atoms with Gasteiger partial charge in [-0.05, 0) is 54.8 Å². The molecule has 1 amide bonds. The van der Waals surface area contributed by atoms with Crippen molar-refractivity contribution in [3.63, 3.8) is 0 Å². The lowest BCUT2D eigenvalue weighted by Crippen LogP contribution is -2.40. The number of hydrogen-bond donors (Lipinski definition) is 1. The monoisotopic (exact) mass is 432 g/mol. The highest BCUT2D eigenvalue weighted by Crippen LogP contribution is 2.28. The van der Waals surface area contributed by atoms with Crippen molar-refractivity contribution in [2.24, 2.45) is 0 Å². The first-order valence-corrected chi connectivity index (χ1v) is 9.68. The first kappa shape index (κ1) is 21.1. The molecule has 0 spiro atoms. The molecule has 4 rings (SSSR count). The highest BCUT2D eigenvalue weighted by Gasteiger charge is 2.28. The zero-order valence-corrected chi connectivity index (χ0v) is 17.3. The molecular weight excluding hydrogens is 411 g/mol. The molecule has 1 saturated heterocycles. The molecule has 1 aliphatic heterocycles. The number of rotatable bonds is 4. The molecule has 3 aromatic rings. The molecule has 2 heterocycles. The molecule has 2 N–H and O–H groups in total. The first-order valence-electron chi connectivity index (χ1n) is 9.30. The van der Waals surface area contributed by atoms with Crippen LogP contribution in [0.1, 0.15) is 30.2 Å². The molecule has 0 saturated carbocycles. The number of likely N-dealkylation sites (tertiary alicyclic amines) is 1. The van der Waals surface area contributed by atoms with Gasteiger partial charge in [-0.1, -0.05) is 28.9 Å². The number of amides is 1. The second-order valence-electron chi connectivity index (χ2n) is 7.06. The Morgan fingerprint density at radius 2 is 1.90 bits per heavy atom. The summed E-state index contributed by atoms with van der Waals surface area (Å²) in [7, 11) is 0. The van der Waals surface area contributed by atoms with Gasteiger partial charge in [-0.15, -0.1) is 12.4 Å². The lowest BCUT2D eigenvalue weighted by molar-refractivity contribution is -0.131. The Morgan fingerprint density at radius 3 is 2.62 bits per heavy atom. The summed E-state index contributed by atoms with van der Waals surface area (Å²) in [6, 6.07) is 14.7. The van der Waals surface area contributed by atoms with Crippen LogP contribution in [0.25, 0.3) is 11.4 Å². The van der Waals surface area contributed by atoms with Gasteiger partial charge in [0.1, 0.15) is 0 Å². The summed E-state index contributed by atoms with van der Waals surface area (Å²) in [4.78, 5) is 19.1. The second-order valence-corrected chi connectivity index (χ2v) is 7.50. The van der Waals surface area contributed by atoms with Crippen LogP contribution in [0.15, 0.2) is 53.1 Å². The van der Waals surface area contributed by atoms with E-state index < -0.39 is 0 Å². The molecule has 0 bridgehead atoms. The van der Waals surface area contributed by atoms with Crippen LogP contribution in [0, 0.1) is 0 Å². The van der Waals surface area contributed by atoms with Crippen molar-refractivity contribution >= 4 is 35.6 Å². The molecule has 29 heavy (non-hydrogen) atoms. The van der Waals surface area contributed by atoms with Crippen molar-refractivity contribution in [3.05, 3.63) is 65.0 Å². The number of nitrogen functional groups attached to an aromatic ring is 1. The maximum Gasteiger partial charge on any atom is 0.231 e. The van der Waals surface area contributed by atoms with Gasteiger partial charge in [0.2, 0.25) is 17.6 Å². The lowest BCUT2D eigenvalue weighted by atomic mass is 9.97. The molecule has 8 heteroatoms. The Bertz CT molecular complexity index is 958. The zero-order chi connectivity index (χ0) is 19.5. The second kappa shape index (κ2) is 9.29. The lowest BCUT2D eigenvalue weighted by Gasteiger charge is -2.31. The van der Waals surface area contributed by atoms with Crippen LogP contribution >= 0.6 is 24.0 Å². The third-order valence-electron chi connectivity index (χ3n) is 5.00. The number of hydrogen-bond acceptors (Lipinski definition) is 5. The van der Waals surface area contributed by atoms with Gasteiger partial charge in [0.25, 0.3) is 0 Å². The van der Waals surface area contributed by atoms with Gasteiger partial charge in [-0.2, -0.15) is 4.98 Å². The van der Waals surface area contributed by atoms with Crippen molar-refractivity contribution in [1.29, 1.82) is 0 Å². The minimum Gasteiger partial charge on any atom is -0.399 e.